The first-order valence-corrected chi connectivity index (χ1v) is 5.20. The minimum Gasteiger partial charge on any atom is -0.397 e. The lowest BCUT2D eigenvalue weighted by Crippen LogP contribution is -2.00. The molecule has 1 aromatic carbocycles. The number of hydrogen-bond acceptors (Lipinski definition) is 3. The number of halogens is 2. The van der Waals surface area contributed by atoms with Crippen LogP contribution in [0.3, 0.4) is 0 Å². The average Bonchev–Trinajstić information content (AvgIpc) is 1.99. The Morgan fingerprint density at radius 1 is 1.69 bits per heavy atom. The summed E-state index contributed by atoms with van der Waals surface area (Å²) in [5, 5.41) is 10.6. The molecular weight excluding hydrogens is 351 g/mol. The Labute approximate surface area is 96.9 Å². The Morgan fingerprint density at radius 2 is 2.23 bits per heavy atom. The van der Waals surface area contributed by atoms with Gasteiger partial charge in [-0.1, -0.05) is 0 Å². The monoisotopic (exact) mass is 356 g/mol. The predicted molar refractivity (Wildman–Crippen MR) is 62.7 cm³/mol. The zero-order chi connectivity index (χ0) is 10.2. The zero-order valence-electron chi connectivity index (χ0n) is 6.67. The summed E-state index contributed by atoms with van der Waals surface area (Å²) < 4.78 is 1.28. The van der Waals surface area contributed by atoms with Gasteiger partial charge in [-0.3, -0.25) is 10.1 Å². The third-order valence-electron chi connectivity index (χ3n) is 1.68. The molecule has 1 aromatic rings. The van der Waals surface area contributed by atoms with E-state index >= 15 is 0 Å². The van der Waals surface area contributed by atoms with Gasteiger partial charge in [-0.05, 0) is 51.5 Å². The van der Waals surface area contributed by atoms with Gasteiger partial charge >= 0.3 is 0 Å². The molecule has 70 valence electrons. The predicted octanol–water partition coefficient (Wildman–Crippen LogP) is 2.85. The van der Waals surface area contributed by atoms with E-state index in [-0.39, 0.29) is 5.69 Å². The van der Waals surface area contributed by atoms with Gasteiger partial charge in [0.05, 0.1) is 19.7 Å². The van der Waals surface area contributed by atoms with Crippen molar-refractivity contribution in [2.75, 3.05) is 5.73 Å². The number of nitro groups is 1. The molecule has 0 aliphatic heterocycles. The summed E-state index contributed by atoms with van der Waals surface area (Å²) in [5.74, 6) is 0. The van der Waals surface area contributed by atoms with Crippen molar-refractivity contribution in [3.8, 4) is 0 Å². The van der Waals surface area contributed by atoms with Crippen LogP contribution in [-0.4, -0.2) is 4.92 Å². The van der Waals surface area contributed by atoms with E-state index in [9.17, 15) is 10.1 Å². The molecule has 0 saturated carbocycles. The second-order valence-electron chi connectivity index (χ2n) is 2.48. The Kier molecular flexibility index (Phi) is 3.12. The van der Waals surface area contributed by atoms with E-state index in [1.807, 2.05) is 22.6 Å². The largest absolute Gasteiger partial charge is 0.397 e. The standard InChI is InChI=1S/C7H6BrIN2O2/c1-3-6(10)4(8)2-5(9)7(3)11(12)13/h2H,10H2,1H3. The lowest BCUT2D eigenvalue weighted by atomic mass is 10.2. The molecule has 0 radical (unpaired) electrons. The highest BCUT2D eigenvalue weighted by Crippen LogP contribution is 2.34. The van der Waals surface area contributed by atoms with Gasteiger partial charge in [0, 0.05) is 4.47 Å². The first kappa shape index (κ1) is 10.7. The van der Waals surface area contributed by atoms with Gasteiger partial charge in [0.1, 0.15) is 0 Å². The maximum absolute atomic E-state index is 10.6. The minimum absolute atomic E-state index is 0.0845. The molecule has 0 heterocycles. The van der Waals surface area contributed by atoms with Gasteiger partial charge in [0.15, 0.2) is 0 Å². The first-order valence-electron chi connectivity index (χ1n) is 3.33. The van der Waals surface area contributed by atoms with E-state index in [0.717, 1.165) is 0 Å². The van der Waals surface area contributed by atoms with Crippen molar-refractivity contribution in [3.63, 3.8) is 0 Å². The third kappa shape index (κ3) is 1.93. The van der Waals surface area contributed by atoms with Crippen molar-refractivity contribution in [2.24, 2.45) is 0 Å². The minimum atomic E-state index is -0.417. The van der Waals surface area contributed by atoms with Crippen LogP contribution in [0.1, 0.15) is 5.56 Å². The third-order valence-corrected chi connectivity index (χ3v) is 3.16. The van der Waals surface area contributed by atoms with Crippen molar-refractivity contribution in [3.05, 3.63) is 29.8 Å². The summed E-state index contributed by atoms with van der Waals surface area (Å²) in [7, 11) is 0. The Hall–Kier alpha value is -0.370. The molecule has 0 aliphatic carbocycles. The number of nitrogens with zero attached hydrogens (tertiary/aromatic N) is 1. The van der Waals surface area contributed by atoms with Gasteiger partial charge in [-0.25, -0.2) is 0 Å². The van der Waals surface area contributed by atoms with E-state index in [1.165, 1.54) is 0 Å². The number of rotatable bonds is 1. The quantitative estimate of drug-likeness (QED) is 0.364. The molecule has 2 N–H and O–H groups in total. The molecule has 6 heteroatoms. The van der Waals surface area contributed by atoms with Crippen LogP contribution in [-0.2, 0) is 0 Å². The van der Waals surface area contributed by atoms with E-state index in [0.29, 0.717) is 19.3 Å². The number of nitrogen functional groups attached to an aromatic ring is 1. The van der Waals surface area contributed by atoms with Crippen LogP contribution < -0.4 is 5.73 Å². The average molecular weight is 357 g/mol. The summed E-state index contributed by atoms with van der Waals surface area (Å²) in [6.45, 7) is 1.64. The highest BCUT2D eigenvalue weighted by Gasteiger charge is 2.19. The van der Waals surface area contributed by atoms with Crippen molar-refractivity contribution in [1.82, 2.24) is 0 Å². The molecule has 0 aromatic heterocycles. The fourth-order valence-electron chi connectivity index (χ4n) is 0.967. The van der Waals surface area contributed by atoms with E-state index in [2.05, 4.69) is 15.9 Å². The molecule has 0 aliphatic rings. The molecule has 4 nitrogen and oxygen atoms in total. The number of anilines is 1. The molecule has 0 amide bonds. The summed E-state index contributed by atoms with van der Waals surface area (Å²) >= 11 is 5.14. The number of hydrogen-bond donors (Lipinski definition) is 1. The van der Waals surface area contributed by atoms with Crippen molar-refractivity contribution in [1.29, 1.82) is 0 Å². The Bertz CT molecular complexity index is 381. The molecular formula is C7H6BrIN2O2. The highest BCUT2D eigenvalue weighted by atomic mass is 127. The van der Waals surface area contributed by atoms with Gasteiger partial charge in [0.2, 0.25) is 0 Å². The SMILES string of the molecule is Cc1c(N)c(Br)cc(I)c1[N+](=O)[O-]. The molecule has 13 heavy (non-hydrogen) atoms. The van der Waals surface area contributed by atoms with Gasteiger partial charge in [-0.15, -0.1) is 0 Å². The van der Waals surface area contributed by atoms with Crippen LogP contribution in [0.2, 0.25) is 0 Å². The summed E-state index contributed by atoms with van der Waals surface area (Å²) in [6.07, 6.45) is 0. The number of nitrogens with two attached hydrogens (primary N) is 1. The number of benzene rings is 1. The van der Waals surface area contributed by atoms with Crippen molar-refractivity contribution in [2.45, 2.75) is 6.92 Å². The smallest absolute Gasteiger partial charge is 0.287 e. The van der Waals surface area contributed by atoms with Crippen LogP contribution in [0, 0.1) is 20.6 Å². The van der Waals surface area contributed by atoms with Crippen molar-refractivity contribution < 1.29 is 4.92 Å². The maximum Gasteiger partial charge on any atom is 0.287 e. The topological polar surface area (TPSA) is 69.2 Å². The lowest BCUT2D eigenvalue weighted by molar-refractivity contribution is -0.386. The summed E-state index contributed by atoms with van der Waals surface area (Å²) in [4.78, 5) is 10.2. The zero-order valence-corrected chi connectivity index (χ0v) is 10.4. The van der Waals surface area contributed by atoms with Crippen LogP contribution >= 0.6 is 38.5 Å². The Morgan fingerprint density at radius 3 is 2.69 bits per heavy atom. The molecule has 0 bridgehead atoms. The molecule has 1 rings (SSSR count). The second kappa shape index (κ2) is 3.79. The molecule has 0 unspecified atom stereocenters. The van der Waals surface area contributed by atoms with Gasteiger partial charge in [0.25, 0.3) is 5.69 Å². The lowest BCUT2D eigenvalue weighted by Gasteiger charge is -2.05. The van der Waals surface area contributed by atoms with Crippen molar-refractivity contribution >= 4 is 49.9 Å². The van der Waals surface area contributed by atoms with Crippen LogP contribution in [0.4, 0.5) is 11.4 Å². The van der Waals surface area contributed by atoms with Crippen LogP contribution in [0.5, 0.6) is 0 Å². The van der Waals surface area contributed by atoms with Gasteiger partial charge < -0.3 is 5.73 Å². The first-order chi connectivity index (χ1) is 5.95. The number of nitro benzene ring substituents is 1. The molecule has 0 saturated heterocycles. The fraction of sp³-hybridized carbons (Fsp3) is 0.143. The van der Waals surface area contributed by atoms with E-state index in [1.54, 1.807) is 13.0 Å². The maximum atomic E-state index is 10.6. The highest BCUT2D eigenvalue weighted by molar-refractivity contribution is 14.1. The summed E-state index contributed by atoms with van der Waals surface area (Å²) in [5.41, 5.74) is 6.65. The van der Waals surface area contributed by atoms with Crippen LogP contribution in [0.15, 0.2) is 10.5 Å². The molecule has 0 spiro atoms. The normalized spacial score (nSPS) is 10.1. The van der Waals surface area contributed by atoms with Gasteiger partial charge in [-0.2, -0.15) is 0 Å². The van der Waals surface area contributed by atoms with E-state index in [4.69, 9.17) is 5.73 Å². The van der Waals surface area contributed by atoms with Crippen LogP contribution in [0.25, 0.3) is 0 Å². The Balaban J connectivity index is 3.53. The molecule has 0 fully saturated rings. The fourth-order valence-corrected chi connectivity index (χ4v) is 2.83. The van der Waals surface area contributed by atoms with E-state index < -0.39 is 4.92 Å². The molecule has 0 atom stereocenters. The second-order valence-corrected chi connectivity index (χ2v) is 4.50. The summed E-state index contributed by atoms with van der Waals surface area (Å²) in [6, 6.07) is 1.64.